The van der Waals surface area contributed by atoms with Gasteiger partial charge in [-0.2, -0.15) is 0 Å². The van der Waals surface area contributed by atoms with Gasteiger partial charge in [-0.05, 0) is 25.3 Å². The first-order valence-corrected chi connectivity index (χ1v) is 6.92. The van der Waals surface area contributed by atoms with Gasteiger partial charge in [0.2, 0.25) is 0 Å². The van der Waals surface area contributed by atoms with E-state index in [1.807, 2.05) is 0 Å². The van der Waals surface area contributed by atoms with Crippen LogP contribution in [0.1, 0.15) is 32.6 Å². The second-order valence-electron chi connectivity index (χ2n) is 5.04. The molecule has 1 fully saturated rings. The first kappa shape index (κ1) is 14.7. The molecular weight excluding hydrogens is 263 g/mol. The van der Waals surface area contributed by atoms with Gasteiger partial charge < -0.3 is 10.1 Å². The standard InChI is InChI=1S/C14H19FN2O3/c1-2-4-11-9-10(7-8-20-11)16-14-12(15)5-3-6-13(14)17(18)19/h3,5-6,10-11,16H,2,4,7-9H2,1H3. The Bertz CT molecular complexity index is 479. The van der Waals surface area contributed by atoms with Crippen molar-refractivity contribution in [2.75, 3.05) is 11.9 Å². The number of para-hydroxylation sites is 1. The minimum absolute atomic E-state index is 0.0101. The molecule has 1 heterocycles. The van der Waals surface area contributed by atoms with E-state index in [1.54, 1.807) is 0 Å². The number of benzene rings is 1. The number of halogens is 1. The predicted octanol–water partition coefficient (Wildman–Crippen LogP) is 3.49. The van der Waals surface area contributed by atoms with Crippen molar-refractivity contribution in [2.24, 2.45) is 0 Å². The number of anilines is 1. The first-order valence-electron chi connectivity index (χ1n) is 6.92. The van der Waals surface area contributed by atoms with Crippen LogP contribution in [0, 0.1) is 15.9 Å². The summed E-state index contributed by atoms with van der Waals surface area (Å²) >= 11 is 0. The molecule has 110 valence electrons. The first-order chi connectivity index (χ1) is 9.61. The van der Waals surface area contributed by atoms with Gasteiger partial charge in [-0.25, -0.2) is 4.39 Å². The van der Waals surface area contributed by atoms with Gasteiger partial charge in [-0.15, -0.1) is 0 Å². The molecule has 1 N–H and O–H groups in total. The van der Waals surface area contributed by atoms with Crippen LogP contribution in [0.2, 0.25) is 0 Å². The van der Waals surface area contributed by atoms with Gasteiger partial charge >= 0.3 is 0 Å². The Morgan fingerprint density at radius 2 is 2.35 bits per heavy atom. The van der Waals surface area contributed by atoms with Crippen molar-refractivity contribution in [3.63, 3.8) is 0 Å². The number of nitro groups is 1. The molecule has 1 aromatic rings. The Kier molecular flexibility index (Phi) is 4.89. The van der Waals surface area contributed by atoms with E-state index in [4.69, 9.17) is 4.74 Å². The molecule has 2 atom stereocenters. The summed E-state index contributed by atoms with van der Waals surface area (Å²) in [5, 5.41) is 13.9. The number of nitrogens with one attached hydrogen (secondary N) is 1. The fraction of sp³-hybridized carbons (Fsp3) is 0.571. The number of hydrogen-bond acceptors (Lipinski definition) is 4. The summed E-state index contributed by atoms with van der Waals surface area (Å²) in [6.07, 6.45) is 3.61. The Morgan fingerprint density at radius 1 is 1.55 bits per heavy atom. The fourth-order valence-corrected chi connectivity index (χ4v) is 2.55. The lowest BCUT2D eigenvalue weighted by Crippen LogP contribution is -2.34. The molecule has 0 amide bonds. The third-order valence-electron chi connectivity index (χ3n) is 3.51. The SMILES string of the molecule is CCCC1CC(Nc2c(F)cccc2[N+](=O)[O-])CCO1. The van der Waals surface area contributed by atoms with Crippen LogP contribution in [0.3, 0.4) is 0 Å². The highest BCUT2D eigenvalue weighted by molar-refractivity contribution is 5.62. The third kappa shape index (κ3) is 3.45. The summed E-state index contributed by atoms with van der Waals surface area (Å²) in [6.45, 7) is 2.69. The maximum Gasteiger partial charge on any atom is 0.295 e. The van der Waals surface area contributed by atoms with Crippen molar-refractivity contribution in [2.45, 2.75) is 44.8 Å². The molecule has 1 saturated heterocycles. The van der Waals surface area contributed by atoms with Gasteiger partial charge in [0.25, 0.3) is 5.69 Å². The topological polar surface area (TPSA) is 64.4 Å². The largest absolute Gasteiger partial charge is 0.378 e. The summed E-state index contributed by atoms with van der Waals surface area (Å²) in [6, 6.07) is 3.91. The average Bonchev–Trinajstić information content (AvgIpc) is 2.41. The lowest BCUT2D eigenvalue weighted by Gasteiger charge is -2.30. The van der Waals surface area contributed by atoms with Crippen molar-refractivity contribution in [1.82, 2.24) is 0 Å². The molecule has 0 aromatic heterocycles. The van der Waals surface area contributed by atoms with E-state index in [-0.39, 0.29) is 23.5 Å². The van der Waals surface area contributed by atoms with Crippen LogP contribution in [0.5, 0.6) is 0 Å². The third-order valence-corrected chi connectivity index (χ3v) is 3.51. The maximum atomic E-state index is 13.8. The number of ether oxygens (including phenoxy) is 1. The molecule has 20 heavy (non-hydrogen) atoms. The van der Waals surface area contributed by atoms with E-state index in [0.29, 0.717) is 6.61 Å². The predicted molar refractivity (Wildman–Crippen MR) is 74.3 cm³/mol. The Labute approximate surface area is 117 Å². The van der Waals surface area contributed by atoms with E-state index in [2.05, 4.69) is 12.2 Å². The van der Waals surface area contributed by atoms with Crippen LogP contribution < -0.4 is 5.32 Å². The molecular formula is C14H19FN2O3. The monoisotopic (exact) mass is 282 g/mol. The maximum absolute atomic E-state index is 13.8. The molecule has 1 aromatic carbocycles. The van der Waals surface area contributed by atoms with Crippen molar-refractivity contribution in [3.05, 3.63) is 34.1 Å². The van der Waals surface area contributed by atoms with E-state index in [1.165, 1.54) is 18.2 Å². The molecule has 0 radical (unpaired) electrons. The molecule has 2 rings (SSSR count). The van der Waals surface area contributed by atoms with Crippen LogP contribution in [0.4, 0.5) is 15.8 Å². The zero-order valence-electron chi connectivity index (χ0n) is 11.5. The van der Waals surface area contributed by atoms with Crippen LogP contribution in [0.25, 0.3) is 0 Å². The van der Waals surface area contributed by atoms with Crippen LogP contribution in [-0.4, -0.2) is 23.7 Å². The number of nitro benzene ring substituents is 1. The highest BCUT2D eigenvalue weighted by Crippen LogP contribution is 2.30. The highest BCUT2D eigenvalue weighted by atomic mass is 19.1. The molecule has 5 nitrogen and oxygen atoms in total. The zero-order valence-corrected chi connectivity index (χ0v) is 11.5. The summed E-state index contributed by atoms with van der Waals surface area (Å²) in [5.74, 6) is -0.585. The minimum Gasteiger partial charge on any atom is -0.378 e. The lowest BCUT2D eigenvalue weighted by molar-refractivity contribution is -0.384. The van der Waals surface area contributed by atoms with Crippen LogP contribution in [-0.2, 0) is 4.74 Å². The van der Waals surface area contributed by atoms with Crippen molar-refractivity contribution in [1.29, 1.82) is 0 Å². The van der Waals surface area contributed by atoms with Crippen molar-refractivity contribution < 1.29 is 14.1 Å². The molecule has 2 unspecified atom stereocenters. The van der Waals surface area contributed by atoms with E-state index in [0.717, 1.165) is 25.7 Å². The summed E-state index contributed by atoms with van der Waals surface area (Å²) in [7, 11) is 0. The summed E-state index contributed by atoms with van der Waals surface area (Å²) in [4.78, 5) is 10.4. The fourth-order valence-electron chi connectivity index (χ4n) is 2.55. The van der Waals surface area contributed by atoms with Gasteiger partial charge in [0.05, 0.1) is 11.0 Å². The van der Waals surface area contributed by atoms with Crippen molar-refractivity contribution in [3.8, 4) is 0 Å². The Hall–Kier alpha value is -1.69. The number of hydrogen-bond donors (Lipinski definition) is 1. The summed E-state index contributed by atoms with van der Waals surface area (Å²) < 4.78 is 19.4. The Morgan fingerprint density at radius 3 is 3.05 bits per heavy atom. The van der Waals surface area contributed by atoms with Crippen molar-refractivity contribution >= 4 is 11.4 Å². The molecule has 0 saturated carbocycles. The van der Waals surface area contributed by atoms with E-state index >= 15 is 0 Å². The lowest BCUT2D eigenvalue weighted by atomic mass is 9.99. The molecule has 0 aliphatic carbocycles. The molecule has 1 aliphatic heterocycles. The van der Waals surface area contributed by atoms with Gasteiger partial charge in [0, 0.05) is 18.7 Å². The molecule has 0 spiro atoms. The van der Waals surface area contributed by atoms with E-state index in [9.17, 15) is 14.5 Å². The van der Waals surface area contributed by atoms with Crippen LogP contribution >= 0.6 is 0 Å². The highest BCUT2D eigenvalue weighted by Gasteiger charge is 2.25. The van der Waals surface area contributed by atoms with Gasteiger partial charge in [0.1, 0.15) is 5.69 Å². The van der Waals surface area contributed by atoms with E-state index < -0.39 is 10.7 Å². The quantitative estimate of drug-likeness (QED) is 0.663. The molecule has 1 aliphatic rings. The molecule has 0 bridgehead atoms. The smallest absolute Gasteiger partial charge is 0.295 e. The minimum atomic E-state index is -0.585. The normalized spacial score (nSPS) is 22.5. The van der Waals surface area contributed by atoms with Gasteiger partial charge in [0.15, 0.2) is 5.82 Å². The number of rotatable bonds is 5. The van der Waals surface area contributed by atoms with Gasteiger partial charge in [-0.1, -0.05) is 19.4 Å². The second-order valence-corrected chi connectivity index (χ2v) is 5.04. The molecule has 6 heteroatoms. The van der Waals surface area contributed by atoms with Crippen LogP contribution in [0.15, 0.2) is 18.2 Å². The Balaban J connectivity index is 2.11. The average molecular weight is 282 g/mol. The second kappa shape index (κ2) is 6.65. The summed E-state index contributed by atoms with van der Waals surface area (Å²) in [5.41, 5.74) is -0.233. The van der Waals surface area contributed by atoms with Gasteiger partial charge in [-0.3, -0.25) is 10.1 Å². The zero-order chi connectivity index (χ0) is 14.5. The number of nitrogens with zero attached hydrogens (tertiary/aromatic N) is 1.